The Balaban J connectivity index is 1.44. The molecule has 1 unspecified atom stereocenters. The molecule has 2 amide bonds. The number of ether oxygens (including phenoxy) is 1. The predicted octanol–water partition coefficient (Wildman–Crippen LogP) is 1.97. The van der Waals surface area contributed by atoms with E-state index in [2.05, 4.69) is 4.98 Å². The van der Waals surface area contributed by atoms with Crippen LogP contribution in [0.25, 0.3) is 0 Å². The number of aromatic nitrogens is 1. The molecule has 2 fully saturated rings. The van der Waals surface area contributed by atoms with E-state index in [4.69, 9.17) is 15.9 Å². The number of hydrogen-bond donors (Lipinski definition) is 2. The van der Waals surface area contributed by atoms with E-state index in [-0.39, 0.29) is 28.7 Å². The lowest BCUT2D eigenvalue weighted by Crippen LogP contribution is -2.56. The molecule has 1 atom stereocenters. The van der Waals surface area contributed by atoms with Crippen molar-refractivity contribution < 1.29 is 17.9 Å². The van der Waals surface area contributed by atoms with E-state index >= 15 is 0 Å². The van der Waals surface area contributed by atoms with Crippen molar-refractivity contribution in [3.63, 3.8) is 0 Å². The fourth-order valence-electron chi connectivity index (χ4n) is 4.78. The number of amidine groups is 1. The molecule has 0 spiro atoms. The van der Waals surface area contributed by atoms with Gasteiger partial charge in [0.15, 0.2) is 5.03 Å². The highest BCUT2D eigenvalue weighted by Gasteiger charge is 2.36. The summed E-state index contributed by atoms with van der Waals surface area (Å²) in [6.45, 7) is 2.98. The number of benzene rings is 1. The normalized spacial score (nSPS) is 20.3. The van der Waals surface area contributed by atoms with E-state index in [1.807, 2.05) is 11.0 Å². The minimum atomic E-state index is -3.61. The molecule has 0 bridgehead atoms. The second-order valence-corrected chi connectivity index (χ2v) is 11.0. The second-order valence-electron chi connectivity index (χ2n) is 9.10. The first-order valence-electron chi connectivity index (χ1n) is 11.7. The molecule has 2 aromatic rings. The molecular formula is C24H32N6O4S. The van der Waals surface area contributed by atoms with Crippen LogP contribution in [0.4, 0.5) is 10.5 Å². The Hall–Kier alpha value is -3.02. The number of hydrogen-bond acceptors (Lipinski definition) is 6. The largest absolute Gasteiger partial charge is 0.384 e. The molecule has 11 heteroatoms. The van der Waals surface area contributed by atoms with E-state index in [9.17, 15) is 13.2 Å². The highest BCUT2D eigenvalue weighted by molar-refractivity contribution is 7.89. The maximum absolute atomic E-state index is 13.5. The first-order valence-corrected chi connectivity index (χ1v) is 13.1. The van der Waals surface area contributed by atoms with E-state index in [1.54, 1.807) is 42.3 Å². The van der Waals surface area contributed by atoms with Crippen molar-refractivity contribution in [1.29, 1.82) is 5.41 Å². The molecule has 35 heavy (non-hydrogen) atoms. The van der Waals surface area contributed by atoms with Crippen LogP contribution in [0.1, 0.15) is 18.4 Å². The average Bonchev–Trinajstić information content (AvgIpc) is 2.87. The van der Waals surface area contributed by atoms with Gasteiger partial charge >= 0.3 is 6.03 Å². The van der Waals surface area contributed by atoms with Crippen LogP contribution in [-0.2, 0) is 14.8 Å². The zero-order valence-electron chi connectivity index (χ0n) is 19.8. The number of nitrogens with one attached hydrogen (secondary N) is 1. The molecular weight excluding hydrogens is 468 g/mol. The molecule has 3 N–H and O–H groups in total. The first kappa shape index (κ1) is 25.1. The minimum absolute atomic E-state index is 0.0472. The number of methoxy groups -OCH3 is 1. The molecule has 188 valence electrons. The fraction of sp³-hybridized carbons (Fsp3) is 0.458. The van der Waals surface area contributed by atoms with E-state index < -0.39 is 10.0 Å². The Morgan fingerprint density at radius 2 is 1.91 bits per heavy atom. The van der Waals surface area contributed by atoms with Gasteiger partial charge in [-0.2, -0.15) is 4.31 Å². The predicted molar refractivity (Wildman–Crippen MR) is 133 cm³/mol. The van der Waals surface area contributed by atoms with Crippen molar-refractivity contribution in [2.75, 3.05) is 51.3 Å². The van der Waals surface area contributed by atoms with E-state index in [0.29, 0.717) is 63.4 Å². The molecule has 0 radical (unpaired) electrons. The Bertz CT molecular complexity index is 1150. The van der Waals surface area contributed by atoms with Crippen molar-refractivity contribution in [3.8, 4) is 0 Å². The molecule has 4 rings (SSSR count). The average molecular weight is 501 g/mol. The van der Waals surface area contributed by atoms with Crippen LogP contribution in [0, 0.1) is 17.2 Å². The summed E-state index contributed by atoms with van der Waals surface area (Å²) in [6, 6.07) is 11.9. The van der Waals surface area contributed by atoms with Gasteiger partial charge in [0.1, 0.15) is 5.84 Å². The highest BCUT2D eigenvalue weighted by atomic mass is 32.2. The van der Waals surface area contributed by atoms with Crippen LogP contribution in [0.5, 0.6) is 0 Å². The van der Waals surface area contributed by atoms with Gasteiger partial charge in [0.05, 0.1) is 6.61 Å². The van der Waals surface area contributed by atoms with Crippen LogP contribution in [-0.4, -0.2) is 80.9 Å². The summed E-state index contributed by atoms with van der Waals surface area (Å²) in [5.74, 6) is 0.276. The molecule has 1 aromatic heterocycles. The number of nitrogens with two attached hydrogens (primary N) is 1. The number of rotatable bonds is 8. The number of anilines is 1. The molecule has 0 saturated carbocycles. The minimum Gasteiger partial charge on any atom is -0.384 e. The van der Waals surface area contributed by atoms with Crippen LogP contribution < -0.4 is 10.6 Å². The lowest BCUT2D eigenvalue weighted by Gasteiger charge is -2.42. The number of nitrogens with zero attached hydrogens (tertiary/aromatic N) is 4. The van der Waals surface area contributed by atoms with Crippen molar-refractivity contribution in [1.82, 2.24) is 14.2 Å². The third-order valence-corrected chi connectivity index (χ3v) is 8.40. The lowest BCUT2D eigenvalue weighted by atomic mass is 9.96. The van der Waals surface area contributed by atoms with Gasteiger partial charge < -0.3 is 15.4 Å². The summed E-state index contributed by atoms with van der Waals surface area (Å²) in [4.78, 5) is 21.0. The maximum atomic E-state index is 13.5. The van der Waals surface area contributed by atoms with Crippen molar-refractivity contribution in [2.45, 2.75) is 17.9 Å². The number of amides is 2. The second kappa shape index (κ2) is 10.7. The van der Waals surface area contributed by atoms with E-state index in [1.165, 1.54) is 16.6 Å². The molecule has 10 nitrogen and oxygen atoms in total. The monoisotopic (exact) mass is 500 g/mol. The third kappa shape index (κ3) is 5.63. The number of carbonyl (C=O) groups is 1. The van der Waals surface area contributed by atoms with Crippen molar-refractivity contribution >= 4 is 27.6 Å². The molecule has 2 aliphatic rings. The summed E-state index contributed by atoms with van der Waals surface area (Å²) in [5, 5.41) is 7.79. The van der Waals surface area contributed by atoms with Gasteiger partial charge in [0.25, 0.3) is 10.0 Å². The van der Waals surface area contributed by atoms with Gasteiger partial charge in [-0.1, -0.05) is 18.2 Å². The zero-order chi connectivity index (χ0) is 25.0. The van der Waals surface area contributed by atoms with Gasteiger partial charge in [-0.15, -0.1) is 0 Å². The maximum Gasteiger partial charge on any atom is 0.324 e. The number of carbonyl (C=O) groups excluding carboxylic acids is 1. The Morgan fingerprint density at radius 1 is 1.14 bits per heavy atom. The van der Waals surface area contributed by atoms with Crippen LogP contribution in [0.2, 0.25) is 0 Å². The molecule has 0 aliphatic carbocycles. The van der Waals surface area contributed by atoms with Crippen LogP contribution >= 0.6 is 0 Å². The quantitative estimate of drug-likeness (QED) is 0.421. The zero-order valence-corrected chi connectivity index (χ0v) is 20.7. The van der Waals surface area contributed by atoms with Crippen LogP contribution in [0.15, 0.2) is 53.7 Å². The summed E-state index contributed by atoms with van der Waals surface area (Å²) in [6.07, 6.45) is 2.82. The number of nitrogen functional groups attached to an aromatic ring is 1. The summed E-state index contributed by atoms with van der Waals surface area (Å²) in [7, 11) is -1.96. The Labute approximate surface area is 206 Å². The van der Waals surface area contributed by atoms with Gasteiger partial charge in [-0.3, -0.25) is 10.3 Å². The Kier molecular flexibility index (Phi) is 7.68. The summed E-state index contributed by atoms with van der Waals surface area (Å²) in [5.41, 5.74) is 6.92. The van der Waals surface area contributed by atoms with Gasteiger partial charge in [-0.25, -0.2) is 18.2 Å². The molecule has 1 aromatic carbocycles. The number of sulfonamides is 1. The van der Waals surface area contributed by atoms with E-state index in [0.717, 1.165) is 0 Å². The topological polar surface area (TPSA) is 133 Å². The summed E-state index contributed by atoms with van der Waals surface area (Å²) >= 11 is 0. The highest BCUT2D eigenvalue weighted by Crippen LogP contribution is 2.28. The fourth-order valence-corrected chi connectivity index (χ4v) is 6.18. The lowest BCUT2D eigenvalue weighted by molar-refractivity contribution is 0.105. The molecule has 2 aliphatic heterocycles. The summed E-state index contributed by atoms with van der Waals surface area (Å²) < 4.78 is 32.6. The first-order chi connectivity index (χ1) is 16.8. The SMILES string of the molecule is COCC1CN(CC2CCN(S(=O)(=O)c3ccccn3)CC2)C(=O)N(c2cccc(C(=N)N)c2)C1. The number of urea groups is 1. The number of piperidine rings is 1. The van der Waals surface area contributed by atoms with Gasteiger partial charge in [0.2, 0.25) is 0 Å². The third-order valence-electron chi connectivity index (χ3n) is 6.59. The Morgan fingerprint density at radius 3 is 2.57 bits per heavy atom. The standard InChI is InChI=1S/C24H32N6O4S/c1-34-17-19-15-28(24(31)30(16-19)21-6-4-5-20(13-21)23(25)26)14-18-8-11-29(12-9-18)35(32,33)22-7-2-3-10-27-22/h2-7,10,13,18-19H,8-9,11-12,14-17H2,1H3,(H3,25,26). The van der Waals surface area contributed by atoms with Crippen molar-refractivity contribution in [2.24, 2.45) is 17.6 Å². The van der Waals surface area contributed by atoms with Gasteiger partial charge in [0, 0.05) is 63.2 Å². The number of pyridine rings is 1. The molecule has 2 saturated heterocycles. The van der Waals surface area contributed by atoms with Gasteiger partial charge in [-0.05, 0) is 43.0 Å². The van der Waals surface area contributed by atoms with Crippen molar-refractivity contribution in [3.05, 3.63) is 54.2 Å². The van der Waals surface area contributed by atoms with Crippen LogP contribution in [0.3, 0.4) is 0 Å². The smallest absolute Gasteiger partial charge is 0.324 e. The molecule has 3 heterocycles.